The number of aromatic amines is 1. The van der Waals surface area contributed by atoms with E-state index in [0.29, 0.717) is 17.1 Å². The molecule has 0 bridgehead atoms. The molecule has 2 N–H and O–H groups in total. The number of aromatic nitrogens is 2. The molecule has 3 aromatic rings. The van der Waals surface area contributed by atoms with Crippen molar-refractivity contribution in [2.45, 2.75) is 13.5 Å². The standard InChI is InChI=1S/C21H23ClN4O2/c1-13-3-4-15(17(22)9-13)14-10-16(21(27)28)20-18(11-14)23-19(24-20)12-26-7-5-25(2)6-8-26/h3-4,9-11H,5-8,12H2,1-2H3,(H,23,24)(H,27,28). The Labute approximate surface area is 168 Å². The maximum absolute atomic E-state index is 11.9. The van der Waals surface area contributed by atoms with Gasteiger partial charge in [-0.25, -0.2) is 9.78 Å². The number of aromatic carboxylic acids is 1. The molecule has 146 valence electrons. The Morgan fingerprint density at radius 1 is 1.21 bits per heavy atom. The number of carboxylic acid groups (broad SMARTS) is 1. The number of piperazine rings is 1. The predicted octanol–water partition coefficient (Wildman–Crippen LogP) is 3.64. The lowest BCUT2D eigenvalue weighted by Crippen LogP contribution is -2.44. The fourth-order valence-electron chi connectivity index (χ4n) is 3.63. The molecule has 6 nitrogen and oxygen atoms in total. The molecule has 4 rings (SSSR count). The summed E-state index contributed by atoms with van der Waals surface area (Å²) in [5.74, 6) is -0.207. The average Bonchev–Trinajstić information content (AvgIpc) is 3.05. The van der Waals surface area contributed by atoms with Gasteiger partial charge in [0.15, 0.2) is 0 Å². The first kappa shape index (κ1) is 18.9. The lowest BCUT2D eigenvalue weighted by atomic mass is 10.0. The Hall–Kier alpha value is -2.41. The second-order valence-corrected chi connectivity index (χ2v) is 7.88. The van der Waals surface area contributed by atoms with E-state index < -0.39 is 5.97 Å². The quantitative estimate of drug-likeness (QED) is 0.702. The van der Waals surface area contributed by atoms with E-state index in [-0.39, 0.29) is 5.56 Å². The number of nitrogens with zero attached hydrogens (tertiary/aromatic N) is 3. The molecule has 2 heterocycles. The molecular weight excluding hydrogens is 376 g/mol. The highest BCUT2D eigenvalue weighted by Gasteiger charge is 2.19. The molecule has 7 heteroatoms. The van der Waals surface area contributed by atoms with Gasteiger partial charge < -0.3 is 15.0 Å². The number of hydrogen-bond acceptors (Lipinski definition) is 4. The van der Waals surface area contributed by atoms with Crippen molar-refractivity contribution in [1.82, 2.24) is 19.8 Å². The molecule has 0 spiro atoms. The average molecular weight is 399 g/mol. The summed E-state index contributed by atoms with van der Waals surface area (Å²) in [5, 5.41) is 10.3. The fourth-order valence-corrected chi connectivity index (χ4v) is 3.98. The molecular formula is C21H23ClN4O2. The first-order valence-corrected chi connectivity index (χ1v) is 9.72. The summed E-state index contributed by atoms with van der Waals surface area (Å²) < 4.78 is 0. The Morgan fingerprint density at radius 3 is 2.64 bits per heavy atom. The number of aryl methyl sites for hydroxylation is 1. The number of likely N-dealkylation sites (N-methyl/N-ethyl adjacent to an activating group) is 1. The van der Waals surface area contributed by atoms with Gasteiger partial charge in [-0.3, -0.25) is 4.90 Å². The van der Waals surface area contributed by atoms with Crippen molar-refractivity contribution in [3.8, 4) is 11.1 Å². The maximum Gasteiger partial charge on any atom is 0.337 e. The van der Waals surface area contributed by atoms with Gasteiger partial charge in [0, 0.05) is 36.8 Å². The van der Waals surface area contributed by atoms with Crippen LogP contribution in [0.4, 0.5) is 0 Å². The third-order valence-electron chi connectivity index (χ3n) is 5.27. The summed E-state index contributed by atoms with van der Waals surface area (Å²) in [5.41, 5.74) is 4.03. The number of nitrogens with one attached hydrogen (secondary N) is 1. The van der Waals surface area contributed by atoms with Crippen LogP contribution in [0.25, 0.3) is 22.2 Å². The summed E-state index contributed by atoms with van der Waals surface area (Å²) in [4.78, 5) is 24.4. The first-order chi connectivity index (χ1) is 13.4. The van der Waals surface area contributed by atoms with Crippen molar-refractivity contribution >= 4 is 28.6 Å². The molecule has 1 aliphatic rings. The van der Waals surface area contributed by atoms with Crippen LogP contribution in [0.5, 0.6) is 0 Å². The third-order valence-corrected chi connectivity index (χ3v) is 5.58. The molecule has 2 aromatic carbocycles. The first-order valence-electron chi connectivity index (χ1n) is 9.34. The molecule has 0 amide bonds. The SMILES string of the molecule is Cc1ccc(-c2cc(C(=O)O)c3nc(CN4CCN(C)CC4)[nH]c3c2)c(Cl)c1. The zero-order valence-electron chi connectivity index (χ0n) is 16.0. The van der Waals surface area contributed by atoms with Crippen molar-refractivity contribution in [3.63, 3.8) is 0 Å². The van der Waals surface area contributed by atoms with Gasteiger partial charge >= 0.3 is 5.97 Å². The molecule has 0 saturated carbocycles. The normalized spacial score (nSPS) is 16.0. The van der Waals surface area contributed by atoms with Gasteiger partial charge in [0.2, 0.25) is 0 Å². The van der Waals surface area contributed by atoms with E-state index in [0.717, 1.165) is 54.2 Å². The summed E-state index contributed by atoms with van der Waals surface area (Å²) in [6.07, 6.45) is 0. The molecule has 1 aromatic heterocycles. The molecule has 0 radical (unpaired) electrons. The van der Waals surface area contributed by atoms with E-state index in [1.807, 2.05) is 31.2 Å². The van der Waals surface area contributed by atoms with Crippen LogP contribution in [0.1, 0.15) is 21.7 Å². The number of H-pyrrole nitrogens is 1. The van der Waals surface area contributed by atoms with Gasteiger partial charge in [-0.2, -0.15) is 0 Å². The number of imidazole rings is 1. The minimum absolute atomic E-state index is 0.185. The lowest BCUT2D eigenvalue weighted by Gasteiger charge is -2.31. The minimum Gasteiger partial charge on any atom is -0.478 e. The Kier molecular flexibility index (Phi) is 5.10. The summed E-state index contributed by atoms with van der Waals surface area (Å²) in [7, 11) is 2.12. The monoisotopic (exact) mass is 398 g/mol. The van der Waals surface area contributed by atoms with Gasteiger partial charge in [0.25, 0.3) is 0 Å². The van der Waals surface area contributed by atoms with Crippen LogP contribution in [0.3, 0.4) is 0 Å². The van der Waals surface area contributed by atoms with Crippen LogP contribution >= 0.6 is 11.6 Å². The Morgan fingerprint density at radius 2 is 1.96 bits per heavy atom. The maximum atomic E-state index is 11.9. The van der Waals surface area contributed by atoms with Crippen LogP contribution < -0.4 is 0 Å². The van der Waals surface area contributed by atoms with E-state index in [2.05, 4.69) is 26.8 Å². The highest BCUT2D eigenvalue weighted by Crippen LogP contribution is 2.32. The number of carbonyl (C=O) groups is 1. The van der Waals surface area contributed by atoms with Crippen molar-refractivity contribution in [3.05, 3.63) is 52.3 Å². The predicted molar refractivity (Wildman–Crippen MR) is 111 cm³/mol. The second kappa shape index (κ2) is 7.54. The number of fused-ring (bicyclic) bond motifs is 1. The summed E-state index contributed by atoms with van der Waals surface area (Å²) in [6, 6.07) is 9.36. The molecule has 0 unspecified atom stereocenters. The number of hydrogen-bond donors (Lipinski definition) is 2. The molecule has 1 fully saturated rings. The minimum atomic E-state index is -0.993. The molecule has 28 heavy (non-hydrogen) atoms. The third kappa shape index (κ3) is 3.76. The van der Waals surface area contributed by atoms with E-state index in [1.54, 1.807) is 6.07 Å². The topological polar surface area (TPSA) is 72.5 Å². The van der Waals surface area contributed by atoms with Gasteiger partial charge in [0.1, 0.15) is 11.3 Å². The van der Waals surface area contributed by atoms with Crippen LogP contribution in [-0.2, 0) is 6.54 Å². The van der Waals surface area contributed by atoms with Gasteiger partial charge in [-0.15, -0.1) is 0 Å². The summed E-state index contributed by atoms with van der Waals surface area (Å²) in [6.45, 7) is 6.66. The molecule has 0 aliphatic carbocycles. The van der Waals surface area contributed by atoms with Crippen molar-refractivity contribution < 1.29 is 9.90 Å². The highest BCUT2D eigenvalue weighted by molar-refractivity contribution is 6.33. The van der Waals surface area contributed by atoms with Crippen LogP contribution in [-0.4, -0.2) is 64.1 Å². The van der Waals surface area contributed by atoms with Gasteiger partial charge in [0.05, 0.1) is 17.6 Å². The Bertz CT molecular complexity index is 1040. The van der Waals surface area contributed by atoms with E-state index >= 15 is 0 Å². The number of benzene rings is 2. The zero-order valence-corrected chi connectivity index (χ0v) is 16.8. The molecule has 1 saturated heterocycles. The van der Waals surface area contributed by atoms with Crippen molar-refractivity contribution in [2.24, 2.45) is 0 Å². The van der Waals surface area contributed by atoms with Gasteiger partial charge in [-0.05, 0) is 43.3 Å². The van der Waals surface area contributed by atoms with Crippen LogP contribution in [0.15, 0.2) is 30.3 Å². The smallest absolute Gasteiger partial charge is 0.337 e. The second-order valence-electron chi connectivity index (χ2n) is 7.47. The molecule has 0 atom stereocenters. The highest BCUT2D eigenvalue weighted by atomic mass is 35.5. The van der Waals surface area contributed by atoms with E-state index in [1.165, 1.54) is 0 Å². The number of halogens is 1. The van der Waals surface area contributed by atoms with Crippen LogP contribution in [0.2, 0.25) is 5.02 Å². The zero-order chi connectivity index (χ0) is 19.8. The Balaban J connectivity index is 1.73. The largest absolute Gasteiger partial charge is 0.478 e. The lowest BCUT2D eigenvalue weighted by molar-refractivity contribution is 0.0699. The fraction of sp³-hybridized carbons (Fsp3) is 0.333. The van der Waals surface area contributed by atoms with Crippen molar-refractivity contribution in [2.75, 3.05) is 33.2 Å². The van der Waals surface area contributed by atoms with Crippen molar-refractivity contribution in [1.29, 1.82) is 0 Å². The van der Waals surface area contributed by atoms with E-state index in [9.17, 15) is 9.90 Å². The van der Waals surface area contributed by atoms with E-state index in [4.69, 9.17) is 11.6 Å². The van der Waals surface area contributed by atoms with Crippen LogP contribution in [0, 0.1) is 6.92 Å². The number of carboxylic acids is 1. The molecule has 1 aliphatic heterocycles. The summed E-state index contributed by atoms with van der Waals surface area (Å²) >= 11 is 6.41. The number of rotatable bonds is 4. The van der Waals surface area contributed by atoms with Gasteiger partial charge in [-0.1, -0.05) is 23.7 Å².